The van der Waals surface area contributed by atoms with Crippen LogP contribution in [0.4, 0.5) is 0 Å². The molecule has 3 rings (SSSR count). The van der Waals surface area contributed by atoms with Gasteiger partial charge in [-0.05, 0) is 60.6 Å². The van der Waals surface area contributed by atoms with Crippen LogP contribution in [0.15, 0.2) is 71.6 Å². The third-order valence-electron chi connectivity index (χ3n) is 6.08. The predicted octanol–water partition coefficient (Wildman–Crippen LogP) is 6.05. The lowest BCUT2D eigenvalue weighted by atomic mass is 9.76. The average Bonchev–Trinajstić information content (AvgIpc) is 2.71. The Labute approximate surface area is 192 Å². The molecule has 0 radical (unpaired) electrons. The third-order valence-corrected chi connectivity index (χ3v) is 6.08. The summed E-state index contributed by atoms with van der Waals surface area (Å²) >= 11 is 0. The smallest absolute Gasteiger partial charge is 0.161 e. The van der Waals surface area contributed by atoms with Crippen molar-refractivity contribution in [2.75, 3.05) is 7.11 Å². The molecule has 0 spiro atoms. The van der Waals surface area contributed by atoms with Gasteiger partial charge in [-0.3, -0.25) is 9.79 Å². The molecule has 4 heteroatoms. The lowest BCUT2D eigenvalue weighted by Crippen LogP contribution is -2.45. The zero-order valence-electron chi connectivity index (χ0n) is 20.2. The highest BCUT2D eigenvalue weighted by Crippen LogP contribution is 2.44. The van der Waals surface area contributed by atoms with E-state index >= 15 is 0 Å². The van der Waals surface area contributed by atoms with E-state index in [1.807, 2.05) is 31.5 Å². The molecule has 4 nitrogen and oxygen atoms in total. The van der Waals surface area contributed by atoms with Crippen molar-refractivity contribution in [3.63, 3.8) is 0 Å². The SMILES string of the molecule is C=C/C=C(C)\N=C/Cc1cc2c(cc1OC)C1=CC(=C)C(C(C)=O)=CN1C(C(C)(C)C)C2. The van der Waals surface area contributed by atoms with Gasteiger partial charge in [0.15, 0.2) is 5.78 Å². The molecule has 2 aliphatic heterocycles. The second-order valence-electron chi connectivity index (χ2n) is 9.53. The van der Waals surface area contributed by atoms with E-state index in [9.17, 15) is 4.79 Å². The lowest BCUT2D eigenvalue weighted by molar-refractivity contribution is -0.113. The number of nitrogens with zero attached hydrogens (tertiary/aromatic N) is 2. The van der Waals surface area contributed by atoms with E-state index in [4.69, 9.17) is 4.74 Å². The maximum absolute atomic E-state index is 12.2. The van der Waals surface area contributed by atoms with E-state index < -0.39 is 0 Å². The molecule has 0 aliphatic carbocycles. The average molecular weight is 431 g/mol. The number of Topliss-reactive ketones (excluding diaryl/α,β-unsaturated/α-hetero) is 1. The Hall–Kier alpha value is -3.14. The standard InChI is InChI=1S/C28H34N2O2/c1-9-10-19(3)29-12-11-21-14-22-15-27(28(5,6)7)30-17-24(20(4)31)18(2)13-25(30)23(22)16-26(21)32-8/h9-10,12-14,16-17,27H,1-2,11,15H2,3-8H3/b19-10-,29-12-. The van der Waals surface area contributed by atoms with E-state index in [0.29, 0.717) is 12.0 Å². The molecule has 1 aromatic carbocycles. The Morgan fingerprint density at radius 3 is 2.62 bits per heavy atom. The van der Waals surface area contributed by atoms with Gasteiger partial charge in [0.1, 0.15) is 5.75 Å². The van der Waals surface area contributed by atoms with Crippen molar-refractivity contribution < 1.29 is 9.53 Å². The first kappa shape index (κ1) is 23.5. The summed E-state index contributed by atoms with van der Waals surface area (Å²) < 4.78 is 5.75. The van der Waals surface area contributed by atoms with Crippen LogP contribution in [-0.2, 0) is 17.6 Å². The van der Waals surface area contributed by atoms with Gasteiger partial charge >= 0.3 is 0 Å². The Kier molecular flexibility index (Phi) is 6.73. The number of ketones is 1. The zero-order valence-corrected chi connectivity index (χ0v) is 20.2. The number of fused-ring (bicyclic) bond motifs is 3. The number of aliphatic imine (C=N–C) groups is 1. The summed E-state index contributed by atoms with van der Waals surface area (Å²) in [6.45, 7) is 18.2. The number of hydrogen-bond donors (Lipinski definition) is 0. The topological polar surface area (TPSA) is 41.9 Å². The maximum Gasteiger partial charge on any atom is 0.161 e. The number of hydrogen-bond acceptors (Lipinski definition) is 4. The van der Waals surface area contributed by atoms with Gasteiger partial charge in [0.05, 0.1) is 7.11 Å². The first-order valence-electron chi connectivity index (χ1n) is 11.0. The van der Waals surface area contributed by atoms with Crippen molar-refractivity contribution in [1.82, 2.24) is 4.90 Å². The molecule has 0 aromatic heterocycles. The van der Waals surface area contributed by atoms with Crippen LogP contribution in [0.25, 0.3) is 5.70 Å². The summed E-state index contributed by atoms with van der Waals surface area (Å²) in [5.41, 5.74) is 6.95. The molecule has 1 atom stereocenters. The second kappa shape index (κ2) is 9.15. The Bertz CT molecular complexity index is 1080. The van der Waals surface area contributed by atoms with Gasteiger partial charge in [-0.2, -0.15) is 0 Å². The molecular formula is C28H34N2O2. The van der Waals surface area contributed by atoms with Crippen LogP contribution < -0.4 is 4.74 Å². The van der Waals surface area contributed by atoms with Crippen LogP contribution in [-0.4, -0.2) is 30.0 Å². The summed E-state index contributed by atoms with van der Waals surface area (Å²) in [7, 11) is 1.70. The van der Waals surface area contributed by atoms with Crippen LogP contribution in [0.1, 0.15) is 51.3 Å². The Morgan fingerprint density at radius 2 is 2.03 bits per heavy atom. The summed E-state index contributed by atoms with van der Waals surface area (Å²) in [6, 6.07) is 4.58. The van der Waals surface area contributed by atoms with Gasteiger partial charge in [0.2, 0.25) is 0 Å². The highest BCUT2D eigenvalue weighted by Gasteiger charge is 2.38. The van der Waals surface area contributed by atoms with Gasteiger partial charge in [-0.15, -0.1) is 0 Å². The van der Waals surface area contributed by atoms with Gasteiger partial charge in [-0.25, -0.2) is 0 Å². The minimum atomic E-state index is 0.0159. The first-order valence-corrected chi connectivity index (χ1v) is 11.0. The minimum absolute atomic E-state index is 0.0159. The van der Waals surface area contributed by atoms with Crippen molar-refractivity contribution in [3.05, 3.63) is 83.3 Å². The highest BCUT2D eigenvalue weighted by atomic mass is 16.5. The van der Waals surface area contributed by atoms with E-state index in [2.05, 4.69) is 56.0 Å². The van der Waals surface area contributed by atoms with Crippen LogP contribution in [0.3, 0.4) is 0 Å². The number of rotatable bonds is 6. The molecular weight excluding hydrogens is 396 g/mol. The van der Waals surface area contributed by atoms with Gasteiger partial charge in [0.25, 0.3) is 0 Å². The molecule has 0 amide bonds. The molecule has 0 fully saturated rings. The summed E-state index contributed by atoms with van der Waals surface area (Å²) in [5, 5.41) is 0. The van der Waals surface area contributed by atoms with Crippen LogP contribution >= 0.6 is 0 Å². The Morgan fingerprint density at radius 1 is 1.31 bits per heavy atom. The zero-order chi connectivity index (χ0) is 23.6. The van der Waals surface area contributed by atoms with E-state index in [1.54, 1.807) is 20.1 Å². The monoisotopic (exact) mass is 430 g/mol. The van der Waals surface area contributed by atoms with E-state index in [1.165, 1.54) is 5.56 Å². The quantitative estimate of drug-likeness (QED) is 0.407. The molecule has 168 valence electrons. The molecule has 0 N–H and O–H groups in total. The summed E-state index contributed by atoms with van der Waals surface area (Å²) in [5.74, 6) is 0.874. The fourth-order valence-electron chi connectivity index (χ4n) is 4.36. The van der Waals surface area contributed by atoms with Crippen molar-refractivity contribution in [2.45, 2.75) is 53.5 Å². The highest BCUT2D eigenvalue weighted by molar-refractivity contribution is 6.00. The second-order valence-corrected chi connectivity index (χ2v) is 9.53. The Balaban J connectivity index is 2.09. The van der Waals surface area contributed by atoms with Crippen molar-refractivity contribution in [2.24, 2.45) is 10.4 Å². The van der Waals surface area contributed by atoms with Gasteiger partial charge in [0, 0.05) is 47.4 Å². The van der Waals surface area contributed by atoms with Crippen molar-refractivity contribution in [3.8, 4) is 5.75 Å². The molecule has 0 bridgehead atoms. The molecule has 0 saturated heterocycles. The van der Waals surface area contributed by atoms with Crippen molar-refractivity contribution >= 4 is 17.7 Å². The third kappa shape index (κ3) is 4.69. The normalized spacial score (nSPS) is 18.7. The molecule has 1 aromatic rings. The van der Waals surface area contributed by atoms with Crippen LogP contribution in [0, 0.1) is 5.41 Å². The first-order chi connectivity index (χ1) is 15.1. The predicted molar refractivity (Wildman–Crippen MR) is 134 cm³/mol. The number of ether oxygens (including phenoxy) is 1. The van der Waals surface area contributed by atoms with Gasteiger partial charge < -0.3 is 9.64 Å². The fraction of sp³-hybridized carbons (Fsp3) is 0.357. The van der Waals surface area contributed by atoms with Crippen molar-refractivity contribution in [1.29, 1.82) is 0 Å². The molecule has 2 heterocycles. The van der Waals surface area contributed by atoms with Crippen LogP contribution in [0.5, 0.6) is 5.75 Å². The lowest BCUT2D eigenvalue weighted by Gasteiger charge is -2.46. The number of carbonyl (C=O) groups excluding carboxylic acids is 1. The molecule has 1 unspecified atom stereocenters. The fourth-order valence-corrected chi connectivity index (χ4v) is 4.36. The number of allylic oxidation sites excluding steroid dienone is 6. The maximum atomic E-state index is 12.2. The number of carbonyl (C=O) groups is 1. The molecule has 2 aliphatic rings. The number of methoxy groups -OCH3 is 1. The summed E-state index contributed by atoms with van der Waals surface area (Å²) in [6.07, 6.45) is 11.1. The molecule has 32 heavy (non-hydrogen) atoms. The number of benzene rings is 1. The summed E-state index contributed by atoms with van der Waals surface area (Å²) in [4.78, 5) is 18.9. The van der Waals surface area contributed by atoms with E-state index in [0.717, 1.165) is 40.3 Å². The van der Waals surface area contributed by atoms with Gasteiger partial charge in [-0.1, -0.05) is 46.1 Å². The minimum Gasteiger partial charge on any atom is -0.496 e. The largest absolute Gasteiger partial charge is 0.496 e. The van der Waals surface area contributed by atoms with Crippen LogP contribution in [0.2, 0.25) is 0 Å². The van der Waals surface area contributed by atoms with E-state index in [-0.39, 0.29) is 17.2 Å². The molecule has 0 saturated carbocycles.